The average molecular weight is 524 g/mol. The van der Waals surface area contributed by atoms with E-state index < -0.39 is 35.7 Å². The summed E-state index contributed by atoms with van der Waals surface area (Å²) < 4.78 is 0. The quantitative estimate of drug-likeness (QED) is 0.439. The Morgan fingerprint density at radius 2 is 1.42 bits per heavy atom. The van der Waals surface area contributed by atoms with Gasteiger partial charge in [-0.15, -0.1) is 0 Å². The van der Waals surface area contributed by atoms with Crippen LogP contribution in [0.15, 0.2) is 60.7 Å². The van der Waals surface area contributed by atoms with Crippen LogP contribution in [0.25, 0.3) is 0 Å². The van der Waals surface area contributed by atoms with Gasteiger partial charge in [0.25, 0.3) is 17.7 Å². The summed E-state index contributed by atoms with van der Waals surface area (Å²) in [6.45, 7) is 5.15. The molecule has 2 atom stereocenters. The first-order chi connectivity index (χ1) is 17.1. The van der Waals surface area contributed by atoms with E-state index in [0.29, 0.717) is 16.3 Å². The molecule has 2 N–H and O–H groups in total. The van der Waals surface area contributed by atoms with Crippen molar-refractivity contribution in [3.05, 3.63) is 98.5 Å². The number of fused-ring (bicyclic) bond motifs is 1. The second kappa shape index (κ2) is 10.1. The second-order valence-corrected chi connectivity index (χ2v) is 9.41. The standard InChI is InChI=1S/C27H23Cl2N3O4/c1-14-7-6-8-15(2)22(14)30-25(34)23(20-12-11-17(28)13-21(20)29)31-24(33)16(3)32-26(35)18-9-4-5-10-19(18)27(32)36/h4-13,16,23H,1-3H3,(H,30,34)(H,31,33)/t16-,23-/m0/s1. The summed E-state index contributed by atoms with van der Waals surface area (Å²) in [6.07, 6.45) is 0. The van der Waals surface area contributed by atoms with Gasteiger partial charge in [-0.2, -0.15) is 0 Å². The third-order valence-electron chi connectivity index (χ3n) is 6.14. The van der Waals surface area contributed by atoms with Crippen molar-refractivity contribution in [1.29, 1.82) is 0 Å². The van der Waals surface area contributed by atoms with Gasteiger partial charge in [0.1, 0.15) is 12.1 Å². The molecule has 0 spiro atoms. The highest BCUT2D eigenvalue weighted by Gasteiger charge is 2.41. The summed E-state index contributed by atoms with van der Waals surface area (Å²) in [6, 6.07) is 14.1. The van der Waals surface area contributed by atoms with Crippen molar-refractivity contribution >= 4 is 52.5 Å². The van der Waals surface area contributed by atoms with Gasteiger partial charge >= 0.3 is 0 Å². The zero-order chi connectivity index (χ0) is 26.1. The topological polar surface area (TPSA) is 95.6 Å². The largest absolute Gasteiger partial charge is 0.339 e. The zero-order valence-corrected chi connectivity index (χ0v) is 21.3. The first-order valence-corrected chi connectivity index (χ1v) is 11.9. The second-order valence-electron chi connectivity index (χ2n) is 8.57. The maximum atomic E-state index is 13.5. The highest BCUT2D eigenvalue weighted by Crippen LogP contribution is 2.30. The number of anilines is 1. The molecule has 4 amide bonds. The van der Waals surface area contributed by atoms with Crippen LogP contribution in [0.2, 0.25) is 10.0 Å². The summed E-state index contributed by atoms with van der Waals surface area (Å²) in [4.78, 5) is 53.4. The molecule has 4 rings (SSSR count). The minimum atomic E-state index is -1.22. The van der Waals surface area contributed by atoms with Crippen molar-refractivity contribution in [3.8, 4) is 0 Å². The Balaban J connectivity index is 1.64. The lowest BCUT2D eigenvalue weighted by Crippen LogP contribution is -2.50. The smallest absolute Gasteiger partial charge is 0.262 e. The number of rotatable bonds is 6. The molecule has 3 aromatic carbocycles. The third kappa shape index (κ3) is 4.72. The minimum absolute atomic E-state index is 0.179. The van der Waals surface area contributed by atoms with Gasteiger partial charge in [0.05, 0.1) is 11.1 Å². The van der Waals surface area contributed by atoms with Crippen LogP contribution in [-0.2, 0) is 9.59 Å². The average Bonchev–Trinajstić information content (AvgIpc) is 3.09. The molecular weight excluding hydrogens is 501 g/mol. The van der Waals surface area contributed by atoms with Gasteiger partial charge < -0.3 is 10.6 Å². The first-order valence-electron chi connectivity index (χ1n) is 11.2. The normalized spacial score (nSPS) is 14.3. The molecule has 36 heavy (non-hydrogen) atoms. The van der Waals surface area contributed by atoms with Gasteiger partial charge in [-0.1, -0.05) is 59.6 Å². The number of para-hydroxylation sites is 1. The fourth-order valence-electron chi connectivity index (χ4n) is 4.17. The Kier molecular flexibility index (Phi) is 7.15. The lowest BCUT2D eigenvalue weighted by Gasteiger charge is -2.26. The molecule has 1 heterocycles. The van der Waals surface area contributed by atoms with Crippen molar-refractivity contribution in [3.63, 3.8) is 0 Å². The highest BCUT2D eigenvalue weighted by molar-refractivity contribution is 6.35. The number of hydrogen-bond donors (Lipinski definition) is 2. The Bertz CT molecular complexity index is 1350. The van der Waals surface area contributed by atoms with Gasteiger partial charge in [-0.05, 0) is 56.2 Å². The first kappa shape index (κ1) is 25.4. The van der Waals surface area contributed by atoms with E-state index in [2.05, 4.69) is 10.6 Å². The van der Waals surface area contributed by atoms with Crippen molar-refractivity contribution in [2.24, 2.45) is 0 Å². The minimum Gasteiger partial charge on any atom is -0.339 e. The van der Waals surface area contributed by atoms with Gasteiger partial charge in [-0.25, -0.2) is 0 Å². The number of halogens is 2. The monoisotopic (exact) mass is 523 g/mol. The van der Waals surface area contributed by atoms with Crippen LogP contribution in [0.5, 0.6) is 0 Å². The SMILES string of the molecule is Cc1cccc(C)c1NC(=O)[C@@H](NC(=O)[C@H](C)N1C(=O)c2ccccc2C1=O)c1ccc(Cl)cc1Cl. The zero-order valence-electron chi connectivity index (χ0n) is 19.8. The molecule has 0 aliphatic carbocycles. The fourth-order valence-corrected chi connectivity index (χ4v) is 4.68. The van der Waals surface area contributed by atoms with Crippen molar-refractivity contribution in [2.75, 3.05) is 5.32 Å². The van der Waals surface area contributed by atoms with E-state index in [1.54, 1.807) is 24.3 Å². The number of hydrogen-bond acceptors (Lipinski definition) is 4. The van der Waals surface area contributed by atoms with Crippen LogP contribution in [0.4, 0.5) is 5.69 Å². The Morgan fingerprint density at radius 1 is 0.833 bits per heavy atom. The van der Waals surface area contributed by atoms with Crippen molar-refractivity contribution < 1.29 is 19.2 Å². The van der Waals surface area contributed by atoms with Crippen LogP contribution in [-0.4, -0.2) is 34.6 Å². The molecule has 0 radical (unpaired) electrons. The number of carbonyl (C=O) groups excluding carboxylic acids is 4. The van der Waals surface area contributed by atoms with E-state index in [9.17, 15) is 19.2 Å². The summed E-state index contributed by atoms with van der Waals surface area (Å²) in [7, 11) is 0. The molecule has 9 heteroatoms. The van der Waals surface area contributed by atoms with Crippen molar-refractivity contribution in [1.82, 2.24) is 10.2 Å². The number of aryl methyl sites for hydroxylation is 2. The number of nitrogens with one attached hydrogen (secondary N) is 2. The van der Waals surface area contributed by atoms with Crippen LogP contribution in [0, 0.1) is 13.8 Å². The molecule has 1 aliphatic heterocycles. The number of nitrogens with zero attached hydrogens (tertiary/aromatic N) is 1. The number of amides is 4. The molecule has 3 aromatic rings. The number of carbonyl (C=O) groups is 4. The van der Waals surface area contributed by atoms with E-state index >= 15 is 0 Å². The highest BCUT2D eigenvalue weighted by atomic mass is 35.5. The maximum absolute atomic E-state index is 13.5. The number of benzene rings is 3. The Labute approximate surface area is 218 Å². The Morgan fingerprint density at radius 3 is 1.97 bits per heavy atom. The van der Waals surface area contributed by atoms with E-state index in [1.807, 2.05) is 32.0 Å². The summed E-state index contributed by atoms with van der Waals surface area (Å²) >= 11 is 12.4. The molecule has 184 valence electrons. The molecule has 0 aromatic heterocycles. The summed E-state index contributed by atoms with van der Waals surface area (Å²) in [5.41, 5.74) is 3.07. The van der Waals surface area contributed by atoms with Crippen LogP contribution < -0.4 is 10.6 Å². The molecule has 7 nitrogen and oxygen atoms in total. The summed E-state index contributed by atoms with van der Waals surface area (Å²) in [5.74, 6) is -2.38. The van der Waals surface area contributed by atoms with Gasteiger partial charge in [0.2, 0.25) is 5.91 Å². The maximum Gasteiger partial charge on any atom is 0.262 e. The van der Waals surface area contributed by atoms with Gasteiger partial charge in [-0.3, -0.25) is 24.1 Å². The molecule has 1 aliphatic rings. The molecule has 0 bridgehead atoms. The third-order valence-corrected chi connectivity index (χ3v) is 6.71. The fraction of sp³-hybridized carbons (Fsp3) is 0.185. The van der Waals surface area contributed by atoms with Gasteiger partial charge in [0.15, 0.2) is 0 Å². The molecular formula is C27H23Cl2N3O4. The molecule has 0 unspecified atom stereocenters. The summed E-state index contributed by atoms with van der Waals surface area (Å²) in [5, 5.41) is 6.09. The van der Waals surface area contributed by atoms with Crippen LogP contribution in [0.1, 0.15) is 50.4 Å². The predicted molar refractivity (Wildman–Crippen MR) is 138 cm³/mol. The predicted octanol–water partition coefficient (Wildman–Crippen LogP) is 5.09. The van der Waals surface area contributed by atoms with Crippen LogP contribution in [0.3, 0.4) is 0 Å². The van der Waals surface area contributed by atoms with E-state index in [1.165, 1.54) is 25.1 Å². The van der Waals surface area contributed by atoms with E-state index in [0.717, 1.165) is 16.0 Å². The van der Waals surface area contributed by atoms with E-state index in [4.69, 9.17) is 23.2 Å². The Hall–Kier alpha value is -3.68. The molecule has 0 fully saturated rings. The van der Waals surface area contributed by atoms with E-state index in [-0.39, 0.29) is 16.1 Å². The van der Waals surface area contributed by atoms with Crippen LogP contribution >= 0.6 is 23.2 Å². The molecule has 0 saturated carbocycles. The van der Waals surface area contributed by atoms with Gasteiger partial charge in [0, 0.05) is 21.3 Å². The van der Waals surface area contributed by atoms with Crippen molar-refractivity contribution in [2.45, 2.75) is 32.9 Å². The lowest BCUT2D eigenvalue weighted by atomic mass is 10.0. The number of imide groups is 1. The lowest BCUT2D eigenvalue weighted by molar-refractivity contribution is -0.129. The molecule has 0 saturated heterocycles.